The van der Waals surface area contributed by atoms with Gasteiger partial charge in [0.25, 0.3) is 0 Å². The van der Waals surface area contributed by atoms with Crippen molar-refractivity contribution in [3.8, 4) is 5.75 Å². The van der Waals surface area contributed by atoms with E-state index in [0.29, 0.717) is 5.41 Å². The van der Waals surface area contributed by atoms with Crippen molar-refractivity contribution in [2.45, 2.75) is 27.2 Å². The Hall–Kier alpha value is -0.250. The summed E-state index contributed by atoms with van der Waals surface area (Å²) in [5.74, 6) is 0.998. The Morgan fingerprint density at radius 3 is 2.43 bits per heavy atom. The first kappa shape index (κ1) is 11.8. The van der Waals surface area contributed by atoms with Crippen LogP contribution in [-0.4, -0.2) is 6.61 Å². The molecular formula is C12H17IO. The molecule has 1 aromatic rings. The molecule has 0 bridgehead atoms. The third kappa shape index (κ3) is 4.31. The van der Waals surface area contributed by atoms with E-state index in [1.54, 1.807) is 0 Å². The number of hydrogen-bond acceptors (Lipinski definition) is 1. The summed E-state index contributed by atoms with van der Waals surface area (Å²) >= 11 is 2.30. The molecule has 1 aromatic carbocycles. The fourth-order valence-electron chi connectivity index (χ4n) is 1.03. The monoisotopic (exact) mass is 304 g/mol. The van der Waals surface area contributed by atoms with Gasteiger partial charge in [0.1, 0.15) is 5.75 Å². The first-order chi connectivity index (χ1) is 6.49. The molecular weight excluding hydrogens is 287 g/mol. The highest BCUT2D eigenvalue weighted by Gasteiger charge is 2.10. The van der Waals surface area contributed by atoms with Crippen molar-refractivity contribution in [2.75, 3.05) is 6.61 Å². The maximum Gasteiger partial charge on any atom is 0.132 e. The molecule has 0 amide bonds. The van der Waals surface area contributed by atoms with Gasteiger partial charge in [-0.2, -0.15) is 0 Å². The van der Waals surface area contributed by atoms with Gasteiger partial charge in [-0.3, -0.25) is 0 Å². The average molecular weight is 304 g/mol. The van der Waals surface area contributed by atoms with Gasteiger partial charge in [-0.15, -0.1) is 0 Å². The predicted molar refractivity (Wildman–Crippen MR) is 68.7 cm³/mol. The summed E-state index contributed by atoms with van der Waals surface area (Å²) in [4.78, 5) is 0. The summed E-state index contributed by atoms with van der Waals surface area (Å²) in [6.45, 7) is 7.48. The molecule has 0 aliphatic rings. The fourth-order valence-corrected chi connectivity index (χ4v) is 1.57. The summed E-state index contributed by atoms with van der Waals surface area (Å²) in [5, 5.41) is 0. The lowest BCUT2D eigenvalue weighted by Crippen LogP contribution is -2.11. The molecule has 0 atom stereocenters. The Morgan fingerprint density at radius 2 is 1.86 bits per heavy atom. The van der Waals surface area contributed by atoms with Crippen LogP contribution in [0.1, 0.15) is 27.2 Å². The molecule has 0 aliphatic heterocycles. The van der Waals surface area contributed by atoms with Gasteiger partial charge >= 0.3 is 0 Å². The van der Waals surface area contributed by atoms with Crippen LogP contribution >= 0.6 is 22.6 Å². The lowest BCUT2D eigenvalue weighted by atomic mass is 9.93. The van der Waals surface area contributed by atoms with Crippen molar-refractivity contribution < 1.29 is 4.74 Å². The molecule has 0 heterocycles. The minimum Gasteiger partial charge on any atom is -0.492 e. The van der Waals surface area contributed by atoms with Gasteiger partial charge in [0, 0.05) is 0 Å². The molecule has 0 aromatic heterocycles. The highest BCUT2D eigenvalue weighted by molar-refractivity contribution is 14.1. The Bertz CT molecular complexity index is 289. The predicted octanol–water partition coefficient (Wildman–Crippen LogP) is 4.11. The van der Waals surface area contributed by atoms with Crippen molar-refractivity contribution in [2.24, 2.45) is 5.41 Å². The third-order valence-electron chi connectivity index (χ3n) is 1.95. The molecule has 14 heavy (non-hydrogen) atoms. The second kappa shape index (κ2) is 5.01. The van der Waals surface area contributed by atoms with Crippen molar-refractivity contribution in [1.29, 1.82) is 0 Å². The van der Waals surface area contributed by atoms with Crippen LogP contribution in [0.4, 0.5) is 0 Å². The zero-order valence-electron chi connectivity index (χ0n) is 9.01. The number of para-hydroxylation sites is 1. The van der Waals surface area contributed by atoms with Gasteiger partial charge in [0.05, 0.1) is 10.2 Å². The molecule has 0 saturated heterocycles. The van der Waals surface area contributed by atoms with Crippen LogP contribution in [0.2, 0.25) is 0 Å². The molecule has 1 nitrogen and oxygen atoms in total. The van der Waals surface area contributed by atoms with E-state index in [4.69, 9.17) is 4.74 Å². The standard InChI is InChI=1S/C12H17IO/c1-12(2,3)8-9-14-11-7-5-4-6-10(11)13/h4-7H,8-9H2,1-3H3. The minimum atomic E-state index is 0.347. The Morgan fingerprint density at radius 1 is 1.21 bits per heavy atom. The molecule has 0 fully saturated rings. The molecule has 0 saturated carbocycles. The molecule has 0 radical (unpaired) electrons. The first-order valence-corrected chi connectivity index (χ1v) is 5.94. The number of ether oxygens (including phenoxy) is 1. The van der Waals surface area contributed by atoms with E-state index in [0.717, 1.165) is 18.8 Å². The fraction of sp³-hybridized carbons (Fsp3) is 0.500. The van der Waals surface area contributed by atoms with Gasteiger partial charge < -0.3 is 4.74 Å². The number of hydrogen-bond donors (Lipinski definition) is 0. The Balaban J connectivity index is 2.43. The van der Waals surface area contributed by atoms with Crippen molar-refractivity contribution in [3.05, 3.63) is 27.8 Å². The summed E-state index contributed by atoms with van der Waals surface area (Å²) in [6.07, 6.45) is 1.08. The topological polar surface area (TPSA) is 9.23 Å². The van der Waals surface area contributed by atoms with E-state index in [2.05, 4.69) is 49.4 Å². The highest BCUT2D eigenvalue weighted by Crippen LogP contribution is 2.22. The smallest absolute Gasteiger partial charge is 0.132 e. The first-order valence-electron chi connectivity index (χ1n) is 4.86. The van der Waals surface area contributed by atoms with Gasteiger partial charge in [0.15, 0.2) is 0 Å². The van der Waals surface area contributed by atoms with Crippen LogP contribution in [0.25, 0.3) is 0 Å². The van der Waals surface area contributed by atoms with Crippen molar-refractivity contribution >= 4 is 22.6 Å². The van der Waals surface area contributed by atoms with Gasteiger partial charge in [0.2, 0.25) is 0 Å². The molecule has 0 aliphatic carbocycles. The van der Waals surface area contributed by atoms with Crippen molar-refractivity contribution in [3.63, 3.8) is 0 Å². The lowest BCUT2D eigenvalue weighted by molar-refractivity contribution is 0.242. The van der Waals surface area contributed by atoms with Gasteiger partial charge in [-0.1, -0.05) is 32.9 Å². The van der Waals surface area contributed by atoms with Gasteiger partial charge in [-0.05, 0) is 46.6 Å². The van der Waals surface area contributed by atoms with Crippen LogP contribution < -0.4 is 4.74 Å². The SMILES string of the molecule is CC(C)(C)CCOc1ccccc1I. The van der Waals surface area contributed by atoms with E-state index in [-0.39, 0.29) is 0 Å². The minimum absolute atomic E-state index is 0.347. The zero-order valence-corrected chi connectivity index (χ0v) is 11.2. The van der Waals surface area contributed by atoms with E-state index >= 15 is 0 Å². The van der Waals surface area contributed by atoms with Crippen LogP contribution in [0.5, 0.6) is 5.75 Å². The van der Waals surface area contributed by atoms with E-state index in [1.807, 2.05) is 18.2 Å². The van der Waals surface area contributed by atoms with Crippen LogP contribution in [-0.2, 0) is 0 Å². The van der Waals surface area contributed by atoms with E-state index in [9.17, 15) is 0 Å². The molecule has 0 N–H and O–H groups in total. The van der Waals surface area contributed by atoms with E-state index < -0.39 is 0 Å². The summed E-state index contributed by atoms with van der Waals surface area (Å²) in [7, 11) is 0. The van der Waals surface area contributed by atoms with Crippen LogP contribution in [0, 0.1) is 8.99 Å². The molecule has 0 spiro atoms. The van der Waals surface area contributed by atoms with Crippen LogP contribution in [0.15, 0.2) is 24.3 Å². The number of halogens is 1. The third-order valence-corrected chi connectivity index (χ3v) is 2.84. The maximum atomic E-state index is 5.71. The second-order valence-electron chi connectivity index (χ2n) is 4.59. The Labute approximate surface area is 100.0 Å². The summed E-state index contributed by atoms with van der Waals surface area (Å²) < 4.78 is 6.88. The number of benzene rings is 1. The molecule has 2 heteroatoms. The molecule has 0 unspecified atom stereocenters. The number of rotatable bonds is 3. The lowest BCUT2D eigenvalue weighted by Gasteiger charge is -2.18. The largest absolute Gasteiger partial charge is 0.492 e. The van der Waals surface area contributed by atoms with E-state index in [1.165, 1.54) is 3.57 Å². The molecule has 1 rings (SSSR count). The normalized spacial score (nSPS) is 11.4. The van der Waals surface area contributed by atoms with Crippen molar-refractivity contribution in [1.82, 2.24) is 0 Å². The summed E-state index contributed by atoms with van der Waals surface area (Å²) in [5.41, 5.74) is 0.347. The van der Waals surface area contributed by atoms with Crippen LogP contribution in [0.3, 0.4) is 0 Å². The maximum absolute atomic E-state index is 5.71. The average Bonchev–Trinajstić information content (AvgIpc) is 2.06. The zero-order chi connectivity index (χ0) is 10.6. The summed E-state index contributed by atoms with van der Waals surface area (Å²) in [6, 6.07) is 8.12. The molecule has 78 valence electrons. The quantitative estimate of drug-likeness (QED) is 0.764. The highest BCUT2D eigenvalue weighted by atomic mass is 127. The van der Waals surface area contributed by atoms with Gasteiger partial charge in [-0.25, -0.2) is 0 Å². The Kier molecular flexibility index (Phi) is 4.23. The second-order valence-corrected chi connectivity index (χ2v) is 5.75.